The van der Waals surface area contributed by atoms with E-state index in [-0.39, 0.29) is 12.8 Å². The first-order valence-electron chi connectivity index (χ1n) is 18.2. The monoisotopic (exact) mass is 691 g/mol. The number of phosphoric ester groups is 1. The van der Waals surface area contributed by atoms with Crippen LogP contribution in [-0.4, -0.2) is 64.9 Å². The second kappa shape index (κ2) is 31.5. The summed E-state index contributed by atoms with van der Waals surface area (Å²) >= 11 is 0. The lowest BCUT2D eigenvalue weighted by Gasteiger charge is -2.18. The number of nitrogens with one attached hydrogen (secondary N) is 1. The van der Waals surface area contributed by atoms with E-state index in [9.17, 15) is 34.1 Å². The normalized spacial score (nSPS) is 14.1. The van der Waals surface area contributed by atoms with Gasteiger partial charge in [0.1, 0.15) is 12.7 Å². The van der Waals surface area contributed by atoms with Crippen molar-refractivity contribution in [2.24, 2.45) is 0 Å². The molecule has 0 aromatic rings. The molecule has 11 nitrogen and oxygen atoms in total. The van der Waals surface area contributed by atoms with E-state index in [0.29, 0.717) is 12.8 Å². The van der Waals surface area contributed by atoms with Gasteiger partial charge in [-0.3, -0.25) is 18.6 Å². The van der Waals surface area contributed by atoms with Crippen molar-refractivity contribution in [3.8, 4) is 0 Å². The van der Waals surface area contributed by atoms with Gasteiger partial charge in [-0.25, -0.2) is 9.36 Å². The molecule has 0 saturated heterocycles. The second-order valence-electron chi connectivity index (χ2n) is 12.4. The van der Waals surface area contributed by atoms with Gasteiger partial charge in [-0.15, -0.1) is 0 Å². The number of hydrogen-bond donors (Lipinski definition) is 4. The lowest BCUT2D eigenvalue weighted by atomic mass is 10.0. The lowest BCUT2D eigenvalue weighted by molar-refractivity contribution is -0.147. The number of aliphatic hydroxyl groups excluding tert-OH is 1. The molecule has 3 unspecified atom stereocenters. The number of allylic oxidation sites excluding steroid dienone is 2. The smallest absolute Gasteiger partial charge is 0.472 e. The van der Waals surface area contributed by atoms with Crippen LogP contribution in [0.2, 0.25) is 0 Å². The maximum Gasteiger partial charge on any atom is 0.472 e. The fraction of sp³-hybridized carbons (Fsp3) is 0.857. The van der Waals surface area contributed by atoms with Crippen LogP contribution in [-0.2, 0) is 32.7 Å². The van der Waals surface area contributed by atoms with Crippen LogP contribution in [0.4, 0.5) is 0 Å². The van der Waals surface area contributed by atoms with E-state index >= 15 is 0 Å². The molecule has 0 fully saturated rings. The van der Waals surface area contributed by atoms with Crippen LogP contribution < -0.4 is 5.32 Å². The first kappa shape index (κ1) is 45.2. The van der Waals surface area contributed by atoms with Gasteiger partial charge in [0.15, 0.2) is 6.04 Å². The number of aliphatic carboxylic acids is 1. The zero-order chi connectivity index (χ0) is 35.0. The Morgan fingerprint density at radius 1 is 0.660 bits per heavy atom. The summed E-state index contributed by atoms with van der Waals surface area (Å²) in [6, 6.07) is -1.54. The highest BCUT2D eigenvalue weighted by molar-refractivity contribution is 7.47. The predicted molar refractivity (Wildman–Crippen MR) is 185 cm³/mol. The topological polar surface area (TPSA) is 169 Å². The number of hydrogen-bond acceptors (Lipinski definition) is 8. The Balaban J connectivity index is 4.00. The molecule has 0 radical (unpaired) electrons. The second-order valence-corrected chi connectivity index (χ2v) is 13.9. The van der Waals surface area contributed by atoms with E-state index in [1.54, 1.807) is 0 Å². The average molecular weight is 692 g/mol. The van der Waals surface area contributed by atoms with Gasteiger partial charge in [0.25, 0.3) is 0 Å². The minimum absolute atomic E-state index is 0.149. The molecule has 0 aliphatic heterocycles. The number of esters is 1. The molecule has 12 heteroatoms. The molecule has 4 N–H and O–H groups in total. The molecular weight excluding hydrogens is 625 g/mol. The fourth-order valence-electron chi connectivity index (χ4n) is 4.88. The van der Waals surface area contributed by atoms with E-state index in [4.69, 9.17) is 13.8 Å². The van der Waals surface area contributed by atoms with Crippen molar-refractivity contribution in [2.75, 3.05) is 19.8 Å². The summed E-state index contributed by atoms with van der Waals surface area (Å²) in [5.41, 5.74) is 0. The van der Waals surface area contributed by atoms with Gasteiger partial charge in [0.05, 0.1) is 13.2 Å². The summed E-state index contributed by atoms with van der Waals surface area (Å²) in [6.07, 6.45) is 26.8. The first-order chi connectivity index (χ1) is 22.6. The lowest BCUT2D eigenvalue weighted by Crippen LogP contribution is -2.43. The molecule has 1 amide bonds. The number of amides is 1. The maximum atomic E-state index is 12.2. The van der Waals surface area contributed by atoms with E-state index in [2.05, 4.69) is 31.3 Å². The van der Waals surface area contributed by atoms with Gasteiger partial charge in [0.2, 0.25) is 5.91 Å². The van der Waals surface area contributed by atoms with Crippen molar-refractivity contribution in [1.29, 1.82) is 0 Å². The minimum atomic E-state index is -4.74. The van der Waals surface area contributed by atoms with E-state index < -0.39 is 57.6 Å². The highest BCUT2D eigenvalue weighted by atomic mass is 31.2. The molecule has 276 valence electrons. The summed E-state index contributed by atoms with van der Waals surface area (Å²) in [5.74, 6) is -2.38. The van der Waals surface area contributed by atoms with Crippen molar-refractivity contribution < 1.29 is 47.8 Å². The van der Waals surface area contributed by atoms with Gasteiger partial charge in [-0.05, 0) is 32.1 Å². The highest BCUT2D eigenvalue weighted by Gasteiger charge is 2.28. The van der Waals surface area contributed by atoms with Gasteiger partial charge in [0, 0.05) is 12.8 Å². The third-order valence-electron chi connectivity index (χ3n) is 7.80. The molecule has 0 bridgehead atoms. The summed E-state index contributed by atoms with van der Waals surface area (Å²) in [7, 11) is -4.74. The molecule has 0 aliphatic carbocycles. The number of ether oxygens (including phenoxy) is 1. The van der Waals surface area contributed by atoms with Crippen LogP contribution >= 0.6 is 7.82 Å². The highest BCUT2D eigenvalue weighted by Crippen LogP contribution is 2.43. The maximum absolute atomic E-state index is 12.2. The van der Waals surface area contributed by atoms with Crippen LogP contribution in [0.15, 0.2) is 12.2 Å². The SMILES string of the molecule is CCCC/C=C\CCCCCCCC(=O)OCC(O)COP(=O)(O)OCC(NC(=O)CCCCCCCCCCCCCC)C(=O)O. The van der Waals surface area contributed by atoms with Gasteiger partial charge in [-0.2, -0.15) is 0 Å². The van der Waals surface area contributed by atoms with Crippen molar-refractivity contribution in [1.82, 2.24) is 5.32 Å². The number of carboxylic acids is 1. The van der Waals surface area contributed by atoms with E-state index in [1.807, 2.05) is 0 Å². The van der Waals surface area contributed by atoms with E-state index in [0.717, 1.165) is 57.8 Å². The number of aliphatic hydroxyl groups is 1. The standard InChI is InChI=1S/C35H66NO10P/c1-3-5-7-9-11-13-15-17-18-20-22-24-26-33(38)36-32(35(40)41)30-46-47(42,43)45-29-31(37)28-44-34(39)27-25-23-21-19-16-14-12-10-8-6-4-2/h10,12,31-32,37H,3-9,11,13-30H2,1-2H3,(H,36,38)(H,40,41)(H,42,43)/b12-10-. The Hall–Kier alpha value is -1.78. The predicted octanol–water partition coefficient (Wildman–Crippen LogP) is 8.16. The number of phosphoric acid groups is 1. The molecular formula is C35H66NO10P. The Morgan fingerprint density at radius 3 is 1.68 bits per heavy atom. The Labute approximate surface area is 284 Å². The zero-order valence-corrected chi connectivity index (χ0v) is 30.2. The third-order valence-corrected chi connectivity index (χ3v) is 8.76. The molecule has 0 rings (SSSR count). The van der Waals surface area contributed by atoms with Gasteiger partial charge >= 0.3 is 19.8 Å². The Kier molecular flexibility index (Phi) is 30.3. The van der Waals surface area contributed by atoms with Gasteiger partial charge < -0.3 is 25.2 Å². The van der Waals surface area contributed by atoms with Crippen LogP contribution in [0.3, 0.4) is 0 Å². The van der Waals surface area contributed by atoms with Crippen LogP contribution in [0.1, 0.15) is 162 Å². The zero-order valence-electron chi connectivity index (χ0n) is 29.3. The minimum Gasteiger partial charge on any atom is -0.480 e. The summed E-state index contributed by atoms with van der Waals surface area (Å²) < 4.78 is 26.6. The molecule has 47 heavy (non-hydrogen) atoms. The summed E-state index contributed by atoms with van der Waals surface area (Å²) in [6.45, 7) is 2.51. The Bertz CT molecular complexity index is 869. The van der Waals surface area contributed by atoms with Crippen molar-refractivity contribution >= 4 is 25.7 Å². The largest absolute Gasteiger partial charge is 0.480 e. The molecule has 0 saturated carbocycles. The molecule has 0 aromatic heterocycles. The number of carbonyl (C=O) groups is 3. The molecule has 0 aromatic carbocycles. The average Bonchev–Trinajstić information content (AvgIpc) is 3.04. The molecule has 0 spiro atoms. The van der Waals surface area contributed by atoms with Gasteiger partial charge in [-0.1, -0.05) is 129 Å². The van der Waals surface area contributed by atoms with Crippen molar-refractivity contribution in [3.05, 3.63) is 12.2 Å². The van der Waals surface area contributed by atoms with Crippen LogP contribution in [0.5, 0.6) is 0 Å². The summed E-state index contributed by atoms with van der Waals surface area (Å²) in [5, 5.41) is 21.7. The van der Waals surface area contributed by atoms with Crippen molar-refractivity contribution in [3.63, 3.8) is 0 Å². The third kappa shape index (κ3) is 31.3. The number of rotatable bonds is 34. The van der Waals surface area contributed by atoms with Crippen LogP contribution in [0.25, 0.3) is 0 Å². The summed E-state index contributed by atoms with van der Waals surface area (Å²) in [4.78, 5) is 45.5. The molecule has 0 aliphatic rings. The quantitative estimate of drug-likeness (QED) is 0.0224. The van der Waals surface area contributed by atoms with Crippen LogP contribution in [0, 0.1) is 0 Å². The fourth-order valence-corrected chi connectivity index (χ4v) is 5.66. The van der Waals surface area contributed by atoms with E-state index in [1.165, 1.54) is 64.2 Å². The Morgan fingerprint density at radius 2 is 1.13 bits per heavy atom. The van der Waals surface area contributed by atoms with Crippen molar-refractivity contribution in [2.45, 2.75) is 174 Å². The molecule has 3 atom stereocenters. The number of carboxylic acid groups (broad SMARTS) is 1. The first-order valence-corrected chi connectivity index (χ1v) is 19.7. The number of unbranched alkanes of at least 4 members (excludes halogenated alkanes) is 18. The number of carbonyl (C=O) groups excluding carboxylic acids is 2. The molecule has 0 heterocycles.